The summed E-state index contributed by atoms with van der Waals surface area (Å²) in [5.74, 6) is -7.28. The number of rotatable bonds is 4. The third kappa shape index (κ3) is 2.98. The van der Waals surface area contributed by atoms with E-state index in [4.69, 9.17) is 0 Å². The minimum Gasteiger partial charge on any atom is -0.203 e. The Balaban J connectivity index is 1.62. The van der Waals surface area contributed by atoms with Gasteiger partial charge in [-0.3, -0.25) is 0 Å². The van der Waals surface area contributed by atoms with Gasteiger partial charge >= 0.3 is 0 Å². The van der Waals surface area contributed by atoms with Crippen molar-refractivity contribution in [3.8, 4) is 0 Å². The summed E-state index contributed by atoms with van der Waals surface area (Å²) in [5.41, 5.74) is 3.67. The SMILES string of the molecule is Fc1c(F)c(F)c2c(c1F)C1C=C(Cc3ccccc3)C2C=C1Cc1ccccc1. The smallest absolute Gasteiger partial charge is 0.197 e. The van der Waals surface area contributed by atoms with Crippen molar-refractivity contribution in [3.63, 3.8) is 0 Å². The number of hydrogen-bond donors (Lipinski definition) is 0. The highest BCUT2D eigenvalue weighted by Crippen LogP contribution is 2.52. The van der Waals surface area contributed by atoms with Crippen LogP contribution in [0.3, 0.4) is 0 Å². The van der Waals surface area contributed by atoms with Crippen LogP contribution in [0.25, 0.3) is 0 Å². The maximum absolute atomic E-state index is 14.8. The fourth-order valence-electron chi connectivity index (χ4n) is 4.66. The second kappa shape index (κ2) is 7.28. The number of halogens is 4. The molecule has 0 amide bonds. The first-order valence-electron chi connectivity index (χ1n) is 9.89. The van der Waals surface area contributed by atoms with Crippen LogP contribution in [-0.2, 0) is 12.8 Å². The van der Waals surface area contributed by atoms with Gasteiger partial charge in [0.05, 0.1) is 0 Å². The van der Waals surface area contributed by atoms with Crippen LogP contribution in [0.15, 0.2) is 84.0 Å². The van der Waals surface area contributed by atoms with Crippen molar-refractivity contribution < 1.29 is 17.6 Å². The number of benzene rings is 3. The quantitative estimate of drug-likeness (QED) is 0.194. The molecule has 6 rings (SSSR count). The third-order valence-corrected chi connectivity index (χ3v) is 6.03. The molecule has 30 heavy (non-hydrogen) atoms. The molecule has 0 aliphatic heterocycles. The van der Waals surface area contributed by atoms with E-state index in [2.05, 4.69) is 0 Å². The van der Waals surface area contributed by atoms with Crippen molar-refractivity contribution in [3.05, 3.63) is 129 Å². The van der Waals surface area contributed by atoms with Crippen LogP contribution in [0.4, 0.5) is 17.6 Å². The van der Waals surface area contributed by atoms with E-state index in [-0.39, 0.29) is 11.1 Å². The molecule has 3 aromatic rings. The first-order chi connectivity index (χ1) is 14.5. The van der Waals surface area contributed by atoms with Crippen molar-refractivity contribution in [1.82, 2.24) is 0 Å². The molecule has 0 heterocycles. The summed E-state index contributed by atoms with van der Waals surface area (Å²) >= 11 is 0. The van der Waals surface area contributed by atoms with Gasteiger partial charge in [0.25, 0.3) is 0 Å². The van der Waals surface area contributed by atoms with Crippen LogP contribution >= 0.6 is 0 Å². The van der Waals surface area contributed by atoms with Crippen LogP contribution in [0, 0.1) is 23.3 Å². The maximum atomic E-state index is 14.8. The predicted molar refractivity (Wildman–Crippen MR) is 108 cm³/mol. The van der Waals surface area contributed by atoms with Crippen LogP contribution in [-0.4, -0.2) is 0 Å². The van der Waals surface area contributed by atoms with Gasteiger partial charge in [0.15, 0.2) is 23.3 Å². The molecule has 2 atom stereocenters. The van der Waals surface area contributed by atoms with Gasteiger partial charge < -0.3 is 0 Å². The van der Waals surface area contributed by atoms with Gasteiger partial charge in [-0.05, 0) is 24.0 Å². The van der Waals surface area contributed by atoms with E-state index in [0.29, 0.717) is 12.8 Å². The van der Waals surface area contributed by atoms with E-state index < -0.39 is 35.1 Å². The number of hydrogen-bond acceptors (Lipinski definition) is 0. The van der Waals surface area contributed by atoms with Crippen LogP contribution < -0.4 is 0 Å². The first kappa shape index (κ1) is 18.9. The van der Waals surface area contributed by atoms with Gasteiger partial charge in [-0.2, -0.15) is 0 Å². The van der Waals surface area contributed by atoms with E-state index in [0.717, 1.165) is 22.3 Å². The van der Waals surface area contributed by atoms with E-state index in [1.54, 1.807) is 0 Å². The Morgan fingerprint density at radius 3 is 1.23 bits per heavy atom. The number of allylic oxidation sites excluding steroid dienone is 4. The van der Waals surface area contributed by atoms with Crippen molar-refractivity contribution in [2.45, 2.75) is 24.7 Å². The molecule has 0 nitrogen and oxygen atoms in total. The highest BCUT2D eigenvalue weighted by Gasteiger charge is 2.41. The zero-order valence-electron chi connectivity index (χ0n) is 16.0. The zero-order chi connectivity index (χ0) is 20.8. The summed E-state index contributed by atoms with van der Waals surface area (Å²) in [6.07, 6.45) is 4.88. The van der Waals surface area contributed by atoms with E-state index in [9.17, 15) is 17.6 Å². The molecule has 4 heteroatoms. The molecular formula is C26H18F4. The molecule has 0 aromatic heterocycles. The van der Waals surface area contributed by atoms with Crippen LogP contribution in [0.1, 0.15) is 34.1 Å². The summed E-state index contributed by atoms with van der Waals surface area (Å²) in [7, 11) is 0. The molecule has 3 aromatic carbocycles. The van der Waals surface area contributed by atoms with Gasteiger partial charge in [-0.1, -0.05) is 84.0 Å². The molecule has 0 spiro atoms. The molecule has 0 radical (unpaired) electrons. The molecule has 150 valence electrons. The second-order valence-electron chi connectivity index (χ2n) is 7.85. The lowest BCUT2D eigenvalue weighted by Gasteiger charge is -2.38. The van der Waals surface area contributed by atoms with Gasteiger partial charge in [-0.15, -0.1) is 0 Å². The Morgan fingerprint density at radius 2 is 0.867 bits per heavy atom. The Labute approximate surface area is 172 Å². The highest BCUT2D eigenvalue weighted by molar-refractivity contribution is 5.59. The van der Waals surface area contributed by atoms with Crippen molar-refractivity contribution in [2.75, 3.05) is 0 Å². The standard InChI is InChI=1S/C26H18F4/c27-23-21-19-14-18(12-16-9-5-2-6-10-16)20(22(21)24(28)26(30)25(23)29)13-17(19)11-15-7-3-1-4-8-15/h1-10,13-14,19-20H,11-12H2. The van der Waals surface area contributed by atoms with Crippen LogP contribution in [0.2, 0.25) is 0 Å². The largest absolute Gasteiger partial charge is 0.203 e. The molecule has 0 saturated heterocycles. The fourth-order valence-corrected chi connectivity index (χ4v) is 4.66. The van der Waals surface area contributed by atoms with Crippen molar-refractivity contribution in [1.29, 1.82) is 0 Å². The third-order valence-electron chi connectivity index (χ3n) is 6.03. The summed E-state index contributed by atoms with van der Waals surface area (Å²) in [4.78, 5) is 0. The molecule has 3 aliphatic rings. The topological polar surface area (TPSA) is 0 Å². The van der Waals surface area contributed by atoms with Gasteiger partial charge in [0, 0.05) is 23.0 Å². The van der Waals surface area contributed by atoms with E-state index in [1.165, 1.54) is 0 Å². The first-order valence-corrected chi connectivity index (χ1v) is 9.89. The van der Waals surface area contributed by atoms with Crippen LogP contribution in [0.5, 0.6) is 0 Å². The summed E-state index contributed by atoms with van der Waals surface area (Å²) in [6, 6.07) is 19.3. The lowest BCUT2D eigenvalue weighted by molar-refractivity contribution is 0.393. The van der Waals surface area contributed by atoms with Gasteiger partial charge in [-0.25, -0.2) is 17.6 Å². The minimum atomic E-state index is -1.74. The second-order valence-corrected chi connectivity index (χ2v) is 7.85. The molecule has 3 aliphatic carbocycles. The Hall–Kier alpha value is -3.14. The van der Waals surface area contributed by atoms with Crippen molar-refractivity contribution in [2.24, 2.45) is 0 Å². The summed E-state index contributed by atoms with van der Waals surface area (Å²) < 4.78 is 57.8. The van der Waals surface area contributed by atoms with Gasteiger partial charge in [0.2, 0.25) is 0 Å². The monoisotopic (exact) mass is 406 g/mol. The zero-order valence-corrected chi connectivity index (χ0v) is 16.0. The maximum Gasteiger partial charge on any atom is 0.197 e. The molecular weight excluding hydrogens is 388 g/mol. The molecule has 0 fully saturated rings. The molecule has 0 N–H and O–H groups in total. The molecule has 2 bridgehead atoms. The molecule has 2 unspecified atom stereocenters. The molecule has 0 saturated carbocycles. The average molecular weight is 406 g/mol. The van der Waals surface area contributed by atoms with E-state index >= 15 is 0 Å². The minimum absolute atomic E-state index is 0.0679. The Bertz CT molecular complexity index is 1080. The van der Waals surface area contributed by atoms with Gasteiger partial charge in [0.1, 0.15) is 0 Å². The fraction of sp³-hybridized carbons (Fsp3) is 0.154. The van der Waals surface area contributed by atoms with Crippen molar-refractivity contribution >= 4 is 0 Å². The normalized spacial score (nSPS) is 19.3. The highest BCUT2D eigenvalue weighted by atomic mass is 19.2. The Kier molecular flexibility index (Phi) is 4.58. The summed E-state index contributed by atoms with van der Waals surface area (Å²) in [6.45, 7) is 0. The summed E-state index contributed by atoms with van der Waals surface area (Å²) in [5, 5.41) is 0. The predicted octanol–water partition coefficient (Wildman–Crippen LogP) is 6.78. The lowest BCUT2D eigenvalue weighted by atomic mass is 9.66. The lowest BCUT2D eigenvalue weighted by Crippen LogP contribution is -2.27. The average Bonchev–Trinajstić information content (AvgIpc) is 2.78. The van der Waals surface area contributed by atoms with E-state index in [1.807, 2.05) is 72.8 Å². The Morgan fingerprint density at radius 1 is 0.500 bits per heavy atom.